The highest BCUT2D eigenvalue weighted by molar-refractivity contribution is 8.13. The zero-order valence-corrected chi connectivity index (χ0v) is 8.97. The van der Waals surface area contributed by atoms with Gasteiger partial charge in [-0.3, -0.25) is 0 Å². The highest BCUT2D eigenvalue weighted by Crippen LogP contribution is 2.04. The minimum Gasteiger partial charge on any atom is -0.354 e. The van der Waals surface area contributed by atoms with E-state index in [2.05, 4.69) is 11.6 Å². The van der Waals surface area contributed by atoms with E-state index in [1.807, 2.05) is 24.3 Å². The van der Waals surface area contributed by atoms with Crippen molar-refractivity contribution in [2.45, 2.75) is 12.8 Å². The van der Waals surface area contributed by atoms with E-state index in [9.17, 15) is 0 Å². The van der Waals surface area contributed by atoms with Crippen molar-refractivity contribution < 1.29 is 0 Å². The van der Waals surface area contributed by atoms with Crippen LogP contribution >= 0.6 is 11.8 Å². The number of allylic oxidation sites excluding steroid dienone is 1. The Morgan fingerprint density at radius 2 is 2.46 bits per heavy atom. The maximum atomic E-state index is 8.39. The van der Waals surface area contributed by atoms with Crippen LogP contribution in [0.25, 0.3) is 0 Å². The zero-order chi connectivity index (χ0) is 10.1. The van der Waals surface area contributed by atoms with Crippen LogP contribution in [0.2, 0.25) is 0 Å². The third kappa shape index (κ3) is 5.31. The summed E-state index contributed by atoms with van der Waals surface area (Å²) in [6, 6.07) is 0. The van der Waals surface area contributed by atoms with Gasteiger partial charge < -0.3 is 4.90 Å². The van der Waals surface area contributed by atoms with Gasteiger partial charge in [-0.1, -0.05) is 17.8 Å². The maximum Gasteiger partial charge on any atom is 0.208 e. The standard InChI is InChI=1S/C9H15N3S/c1-4-5-6-7-12(2)9(13-3)11-8-10/h4H,1,5-7H2,2-3H3. The summed E-state index contributed by atoms with van der Waals surface area (Å²) in [5.74, 6) is 0. The summed E-state index contributed by atoms with van der Waals surface area (Å²) in [6.07, 6.45) is 7.65. The van der Waals surface area contributed by atoms with E-state index >= 15 is 0 Å². The molecule has 13 heavy (non-hydrogen) atoms. The highest BCUT2D eigenvalue weighted by atomic mass is 32.2. The van der Waals surface area contributed by atoms with Gasteiger partial charge in [0.25, 0.3) is 0 Å². The average Bonchev–Trinajstić information content (AvgIpc) is 2.14. The topological polar surface area (TPSA) is 39.4 Å². The molecule has 0 saturated carbocycles. The Balaban J connectivity index is 3.93. The number of nitriles is 1. The summed E-state index contributed by atoms with van der Waals surface area (Å²) in [6.45, 7) is 4.56. The summed E-state index contributed by atoms with van der Waals surface area (Å²) in [5.41, 5.74) is 0. The van der Waals surface area contributed by atoms with E-state index in [1.54, 1.807) is 6.19 Å². The Bertz CT molecular complexity index is 217. The van der Waals surface area contributed by atoms with E-state index < -0.39 is 0 Å². The van der Waals surface area contributed by atoms with E-state index in [0.29, 0.717) is 0 Å². The molecule has 0 aromatic heterocycles. The van der Waals surface area contributed by atoms with Crippen LogP contribution in [0.5, 0.6) is 0 Å². The van der Waals surface area contributed by atoms with Crippen molar-refractivity contribution in [1.29, 1.82) is 5.26 Å². The molecule has 72 valence electrons. The van der Waals surface area contributed by atoms with E-state index in [1.165, 1.54) is 11.8 Å². The molecule has 0 aliphatic heterocycles. The monoisotopic (exact) mass is 197 g/mol. The lowest BCUT2D eigenvalue weighted by molar-refractivity contribution is 0.500. The first-order valence-corrected chi connectivity index (χ1v) is 5.31. The number of aliphatic imine (C=N–C) groups is 1. The number of amidine groups is 1. The minimum absolute atomic E-state index is 0.770. The molecule has 0 aromatic rings. The summed E-state index contributed by atoms with van der Waals surface area (Å²) < 4.78 is 0. The largest absolute Gasteiger partial charge is 0.354 e. The second-order valence-electron chi connectivity index (χ2n) is 2.55. The SMILES string of the molecule is C=CCCCN(C)C(=NC#N)SC. The Morgan fingerprint density at radius 1 is 1.77 bits per heavy atom. The van der Waals surface area contributed by atoms with Crippen molar-refractivity contribution in [2.24, 2.45) is 4.99 Å². The molecule has 0 saturated heterocycles. The number of hydrogen-bond acceptors (Lipinski definition) is 3. The molecule has 0 aliphatic carbocycles. The molecule has 4 heteroatoms. The zero-order valence-electron chi connectivity index (χ0n) is 8.16. The summed E-state index contributed by atoms with van der Waals surface area (Å²) in [5, 5.41) is 9.16. The molecule has 0 unspecified atom stereocenters. The highest BCUT2D eigenvalue weighted by Gasteiger charge is 2.03. The van der Waals surface area contributed by atoms with Crippen LogP contribution in [0.3, 0.4) is 0 Å². The molecule has 0 aliphatic rings. The molecular formula is C9H15N3S. The van der Waals surface area contributed by atoms with Crippen LogP contribution in [0, 0.1) is 11.5 Å². The van der Waals surface area contributed by atoms with Crippen LogP contribution in [0.4, 0.5) is 0 Å². The lowest BCUT2D eigenvalue weighted by atomic mass is 10.3. The fourth-order valence-corrected chi connectivity index (χ4v) is 1.43. The molecule has 0 fully saturated rings. The van der Waals surface area contributed by atoms with Gasteiger partial charge in [0, 0.05) is 13.6 Å². The average molecular weight is 197 g/mol. The number of nitrogens with zero attached hydrogens (tertiary/aromatic N) is 3. The predicted molar refractivity (Wildman–Crippen MR) is 58.6 cm³/mol. The first-order valence-electron chi connectivity index (χ1n) is 4.09. The van der Waals surface area contributed by atoms with Gasteiger partial charge in [-0.15, -0.1) is 11.6 Å². The third-order valence-electron chi connectivity index (χ3n) is 1.56. The van der Waals surface area contributed by atoms with Crippen molar-refractivity contribution in [2.75, 3.05) is 19.8 Å². The number of rotatable bonds is 4. The fraction of sp³-hybridized carbons (Fsp3) is 0.556. The first-order chi connectivity index (χ1) is 6.26. The van der Waals surface area contributed by atoms with Gasteiger partial charge in [0.15, 0.2) is 5.17 Å². The summed E-state index contributed by atoms with van der Waals surface area (Å²) >= 11 is 1.49. The molecule has 0 radical (unpaired) electrons. The lowest BCUT2D eigenvalue weighted by Gasteiger charge is -2.17. The molecule has 3 nitrogen and oxygen atoms in total. The van der Waals surface area contributed by atoms with Gasteiger partial charge in [-0.05, 0) is 19.1 Å². The molecular weight excluding hydrogens is 182 g/mol. The lowest BCUT2D eigenvalue weighted by Crippen LogP contribution is -2.24. The second kappa shape index (κ2) is 7.69. The molecule has 0 heterocycles. The first kappa shape index (κ1) is 12.0. The van der Waals surface area contributed by atoms with Crippen molar-refractivity contribution >= 4 is 16.9 Å². The Morgan fingerprint density at radius 3 is 2.92 bits per heavy atom. The quantitative estimate of drug-likeness (QED) is 0.228. The second-order valence-corrected chi connectivity index (χ2v) is 3.32. The minimum atomic E-state index is 0.770. The van der Waals surface area contributed by atoms with Crippen molar-refractivity contribution in [3.05, 3.63) is 12.7 Å². The van der Waals surface area contributed by atoms with E-state index in [0.717, 1.165) is 24.6 Å². The molecule has 0 aromatic carbocycles. The van der Waals surface area contributed by atoms with Crippen molar-refractivity contribution in [3.8, 4) is 6.19 Å². The van der Waals surface area contributed by atoms with E-state index in [4.69, 9.17) is 5.26 Å². The van der Waals surface area contributed by atoms with Gasteiger partial charge >= 0.3 is 0 Å². The van der Waals surface area contributed by atoms with Gasteiger partial charge in [0.1, 0.15) is 0 Å². The number of hydrogen-bond donors (Lipinski definition) is 0. The molecule has 0 bridgehead atoms. The predicted octanol–water partition coefficient (Wildman–Crippen LogP) is 2.08. The third-order valence-corrected chi connectivity index (χ3v) is 2.32. The van der Waals surface area contributed by atoms with E-state index in [-0.39, 0.29) is 0 Å². The molecule has 0 spiro atoms. The smallest absolute Gasteiger partial charge is 0.208 e. The van der Waals surface area contributed by atoms with Gasteiger partial charge in [-0.25, -0.2) is 0 Å². The van der Waals surface area contributed by atoms with Crippen LogP contribution in [-0.4, -0.2) is 29.9 Å². The van der Waals surface area contributed by atoms with Gasteiger partial charge in [-0.2, -0.15) is 5.26 Å². The van der Waals surface area contributed by atoms with Crippen LogP contribution in [0.1, 0.15) is 12.8 Å². The summed E-state index contributed by atoms with van der Waals surface area (Å²) in [7, 11) is 1.94. The van der Waals surface area contributed by atoms with Crippen LogP contribution in [-0.2, 0) is 0 Å². The Hall–Kier alpha value is -0.950. The number of unbranched alkanes of at least 4 members (excludes halogenated alkanes) is 1. The Kier molecular flexibility index (Phi) is 7.12. The summed E-state index contributed by atoms with van der Waals surface area (Å²) in [4.78, 5) is 5.69. The van der Waals surface area contributed by atoms with Crippen molar-refractivity contribution in [1.82, 2.24) is 4.90 Å². The van der Waals surface area contributed by atoms with Crippen LogP contribution in [0.15, 0.2) is 17.6 Å². The fourth-order valence-electron chi connectivity index (χ4n) is 0.898. The molecule has 0 N–H and O–H groups in total. The molecule has 0 atom stereocenters. The molecule has 0 amide bonds. The van der Waals surface area contributed by atoms with Gasteiger partial charge in [0.05, 0.1) is 0 Å². The maximum absolute atomic E-state index is 8.39. The normalized spacial score (nSPS) is 10.7. The van der Waals surface area contributed by atoms with Crippen molar-refractivity contribution in [3.63, 3.8) is 0 Å². The van der Waals surface area contributed by atoms with Crippen LogP contribution < -0.4 is 0 Å². The molecule has 0 rings (SSSR count). The van der Waals surface area contributed by atoms with Gasteiger partial charge in [0.2, 0.25) is 6.19 Å². The Labute approximate surface area is 84.1 Å². The number of thioether (sulfide) groups is 1.